The molecule has 1 aliphatic rings. The van der Waals surface area contributed by atoms with Gasteiger partial charge in [-0.15, -0.1) is 15.3 Å². The lowest BCUT2D eigenvalue weighted by Crippen LogP contribution is -2.17. The molecule has 4 rings (SSSR count). The zero-order chi connectivity index (χ0) is 13.7. The maximum absolute atomic E-state index is 4.63. The van der Waals surface area contributed by atoms with E-state index in [0.717, 1.165) is 34.9 Å². The molecule has 0 aliphatic carbocycles. The van der Waals surface area contributed by atoms with Crippen LogP contribution in [0.1, 0.15) is 17.0 Å². The first-order valence-electron chi connectivity index (χ1n) is 6.42. The largest absolute Gasteiger partial charge is 0.346 e. The molecule has 6 heteroatoms. The molecule has 0 saturated carbocycles. The Hall–Kier alpha value is -1.95. The number of halogens is 1. The summed E-state index contributed by atoms with van der Waals surface area (Å²) in [5.41, 5.74) is 3.49. The molecular formula is C14H12BrN5. The molecule has 0 bridgehead atoms. The summed E-state index contributed by atoms with van der Waals surface area (Å²) in [7, 11) is 0. The molecule has 0 amide bonds. The molecule has 20 heavy (non-hydrogen) atoms. The van der Waals surface area contributed by atoms with Crippen LogP contribution in [0.2, 0.25) is 0 Å². The Balaban J connectivity index is 1.73. The van der Waals surface area contributed by atoms with Gasteiger partial charge >= 0.3 is 0 Å². The van der Waals surface area contributed by atoms with Crippen LogP contribution in [0.25, 0.3) is 5.65 Å². The number of aryl methyl sites for hydroxylation is 1. The second-order valence-electron chi connectivity index (χ2n) is 4.98. The Labute approximate surface area is 124 Å². The van der Waals surface area contributed by atoms with E-state index < -0.39 is 0 Å². The van der Waals surface area contributed by atoms with Gasteiger partial charge in [0.1, 0.15) is 5.82 Å². The van der Waals surface area contributed by atoms with Gasteiger partial charge in [-0.2, -0.15) is 4.52 Å². The molecule has 0 fully saturated rings. The van der Waals surface area contributed by atoms with E-state index in [4.69, 9.17) is 0 Å². The Morgan fingerprint density at radius 3 is 2.80 bits per heavy atom. The number of hydrogen-bond acceptors (Lipinski definition) is 4. The lowest BCUT2D eigenvalue weighted by molar-refractivity contribution is 0.797. The molecule has 1 aliphatic heterocycles. The number of fused-ring (bicyclic) bond motifs is 2. The molecule has 0 unspecified atom stereocenters. The number of hydrogen-bond donors (Lipinski definition) is 0. The van der Waals surface area contributed by atoms with E-state index in [1.165, 1.54) is 11.1 Å². The fraction of sp³-hybridized carbons (Fsp3) is 0.214. The molecule has 1 aromatic carbocycles. The smallest absolute Gasteiger partial charge is 0.178 e. The van der Waals surface area contributed by atoms with E-state index in [2.05, 4.69) is 54.3 Å². The third-order valence-electron chi connectivity index (χ3n) is 3.62. The van der Waals surface area contributed by atoms with Crippen molar-refractivity contribution in [2.45, 2.75) is 20.0 Å². The van der Waals surface area contributed by atoms with Gasteiger partial charge < -0.3 is 4.90 Å². The highest BCUT2D eigenvalue weighted by Crippen LogP contribution is 2.29. The Kier molecular flexibility index (Phi) is 2.53. The first-order valence-corrected chi connectivity index (χ1v) is 7.21. The minimum atomic E-state index is 0.783. The van der Waals surface area contributed by atoms with Gasteiger partial charge in [-0.05, 0) is 42.3 Å². The Bertz CT molecular complexity index is 810. The first-order chi connectivity index (χ1) is 9.70. The van der Waals surface area contributed by atoms with E-state index >= 15 is 0 Å². The summed E-state index contributed by atoms with van der Waals surface area (Å²) in [6.45, 7) is 3.68. The molecule has 5 nitrogen and oxygen atoms in total. The van der Waals surface area contributed by atoms with Crippen LogP contribution in [0, 0.1) is 6.92 Å². The van der Waals surface area contributed by atoms with Crippen LogP contribution >= 0.6 is 15.9 Å². The van der Waals surface area contributed by atoms with Crippen molar-refractivity contribution in [1.29, 1.82) is 0 Å². The van der Waals surface area contributed by atoms with Crippen molar-refractivity contribution >= 4 is 27.4 Å². The molecule has 0 radical (unpaired) electrons. The highest BCUT2D eigenvalue weighted by Gasteiger charge is 2.20. The molecule has 0 spiro atoms. The van der Waals surface area contributed by atoms with Crippen molar-refractivity contribution < 1.29 is 0 Å². The van der Waals surface area contributed by atoms with Crippen LogP contribution in [0.5, 0.6) is 0 Å². The van der Waals surface area contributed by atoms with Gasteiger partial charge in [-0.25, -0.2) is 0 Å². The predicted molar refractivity (Wildman–Crippen MR) is 79.5 cm³/mol. The van der Waals surface area contributed by atoms with Crippen molar-refractivity contribution in [2.24, 2.45) is 0 Å². The van der Waals surface area contributed by atoms with E-state index in [1.807, 2.05) is 19.1 Å². The van der Waals surface area contributed by atoms with Gasteiger partial charge in [0.15, 0.2) is 11.5 Å². The monoisotopic (exact) mass is 329 g/mol. The van der Waals surface area contributed by atoms with Crippen LogP contribution in [-0.4, -0.2) is 19.8 Å². The fourth-order valence-electron chi connectivity index (χ4n) is 2.58. The summed E-state index contributed by atoms with van der Waals surface area (Å²) in [6, 6.07) is 10.4. The van der Waals surface area contributed by atoms with Crippen LogP contribution in [0.15, 0.2) is 34.8 Å². The normalized spacial score (nSPS) is 14.0. The lowest BCUT2D eigenvalue weighted by atomic mass is 10.1. The maximum atomic E-state index is 4.63. The maximum Gasteiger partial charge on any atom is 0.178 e. The number of rotatable bonds is 1. The first kappa shape index (κ1) is 11.8. The van der Waals surface area contributed by atoms with Crippen LogP contribution < -0.4 is 4.90 Å². The zero-order valence-electron chi connectivity index (χ0n) is 10.9. The van der Waals surface area contributed by atoms with Gasteiger partial charge in [0, 0.05) is 17.6 Å². The zero-order valence-corrected chi connectivity index (χ0v) is 12.5. The summed E-state index contributed by atoms with van der Waals surface area (Å²) < 4.78 is 2.91. The number of anilines is 1. The van der Waals surface area contributed by atoms with Crippen LogP contribution in [0.4, 0.5) is 5.82 Å². The highest BCUT2D eigenvalue weighted by atomic mass is 79.9. The Morgan fingerprint density at radius 1 is 1.05 bits per heavy atom. The average Bonchev–Trinajstić information content (AvgIpc) is 3.02. The number of aromatic nitrogens is 4. The lowest BCUT2D eigenvalue weighted by Gasteiger charge is -2.16. The summed E-state index contributed by atoms with van der Waals surface area (Å²) >= 11 is 3.52. The second kappa shape index (κ2) is 4.28. The summed E-state index contributed by atoms with van der Waals surface area (Å²) in [6.07, 6.45) is 0. The number of benzene rings is 1. The quantitative estimate of drug-likeness (QED) is 0.688. The molecule has 100 valence electrons. The van der Waals surface area contributed by atoms with E-state index in [1.54, 1.807) is 4.52 Å². The molecule has 0 N–H and O–H groups in total. The topological polar surface area (TPSA) is 46.3 Å². The molecule has 0 saturated heterocycles. The van der Waals surface area contributed by atoms with Crippen molar-refractivity contribution in [1.82, 2.24) is 19.8 Å². The minimum absolute atomic E-state index is 0.783. The third-order valence-corrected chi connectivity index (χ3v) is 4.11. The minimum Gasteiger partial charge on any atom is -0.346 e. The molecule has 0 atom stereocenters. The molecule has 3 aromatic rings. The molecule has 3 heterocycles. The van der Waals surface area contributed by atoms with Gasteiger partial charge in [0.05, 0.1) is 0 Å². The van der Waals surface area contributed by atoms with Crippen LogP contribution in [0.3, 0.4) is 0 Å². The van der Waals surface area contributed by atoms with Crippen LogP contribution in [-0.2, 0) is 13.1 Å². The summed E-state index contributed by atoms with van der Waals surface area (Å²) in [5, 5.41) is 12.7. The standard InChI is InChI=1S/C14H12BrN5/c1-9-16-17-13-4-5-14(18-20(9)13)19-7-10-2-3-12(15)6-11(10)8-19/h2-6H,7-8H2,1H3. The van der Waals surface area contributed by atoms with E-state index in [0.29, 0.717) is 0 Å². The van der Waals surface area contributed by atoms with Crippen molar-refractivity contribution in [2.75, 3.05) is 4.90 Å². The Morgan fingerprint density at radius 2 is 1.90 bits per heavy atom. The van der Waals surface area contributed by atoms with Crippen molar-refractivity contribution in [3.05, 3.63) is 51.8 Å². The average molecular weight is 330 g/mol. The predicted octanol–water partition coefficient (Wildman–Crippen LogP) is 2.72. The van der Waals surface area contributed by atoms with Crippen molar-refractivity contribution in [3.8, 4) is 0 Å². The summed E-state index contributed by atoms with van der Waals surface area (Å²) in [5.74, 6) is 1.76. The SMILES string of the molecule is Cc1nnc2ccc(N3Cc4ccc(Br)cc4C3)nn12. The van der Waals surface area contributed by atoms with Gasteiger partial charge in [0.25, 0.3) is 0 Å². The number of nitrogens with zero attached hydrogens (tertiary/aromatic N) is 5. The van der Waals surface area contributed by atoms with Gasteiger partial charge in [-0.3, -0.25) is 0 Å². The van der Waals surface area contributed by atoms with Gasteiger partial charge in [-0.1, -0.05) is 22.0 Å². The van der Waals surface area contributed by atoms with E-state index in [9.17, 15) is 0 Å². The molecule has 2 aromatic heterocycles. The van der Waals surface area contributed by atoms with E-state index in [-0.39, 0.29) is 0 Å². The third kappa shape index (κ3) is 1.79. The van der Waals surface area contributed by atoms with Gasteiger partial charge in [0.2, 0.25) is 0 Å². The highest BCUT2D eigenvalue weighted by molar-refractivity contribution is 9.10. The molecular weight excluding hydrogens is 318 g/mol. The second-order valence-corrected chi connectivity index (χ2v) is 5.89. The van der Waals surface area contributed by atoms with Crippen molar-refractivity contribution in [3.63, 3.8) is 0 Å². The fourth-order valence-corrected chi connectivity index (χ4v) is 2.99. The summed E-state index contributed by atoms with van der Waals surface area (Å²) in [4.78, 5) is 2.26.